The van der Waals surface area contributed by atoms with E-state index in [-0.39, 0.29) is 18.8 Å². The minimum absolute atomic E-state index is 0.0239. The molecule has 0 saturated carbocycles. The van der Waals surface area contributed by atoms with Gasteiger partial charge in [0.2, 0.25) is 5.91 Å². The molecule has 3 aromatic rings. The number of aliphatic hydroxyl groups excluding tert-OH is 1. The average molecular weight is 492 g/mol. The molecule has 0 aliphatic carbocycles. The number of benzene rings is 3. The van der Waals surface area contributed by atoms with Crippen LogP contribution in [0.1, 0.15) is 37.0 Å². The van der Waals surface area contributed by atoms with Crippen molar-refractivity contribution in [3.63, 3.8) is 0 Å². The molecule has 3 aromatic carbocycles. The molecule has 1 amide bonds. The molecule has 190 valence electrons. The van der Waals surface area contributed by atoms with E-state index in [1.165, 1.54) is 0 Å². The second kappa shape index (κ2) is 13.3. The molecular weight excluding hydrogens is 458 g/mol. The molecule has 7 nitrogen and oxygen atoms in total. The predicted octanol–water partition coefficient (Wildman–Crippen LogP) is 4.36. The van der Waals surface area contributed by atoms with Crippen molar-refractivity contribution in [2.24, 2.45) is 5.92 Å². The van der Waals surface area contributed by atoms with Crippen LogP contribution in [0, 0.1) is 5.92 Å². The number of carbonyl (C=O) groups is 2. The molecule has 2 atom stereocenters. The summed E-state index contributed by atoms with van der Waals surface area (Å²) in [7, 11) is 0. The van der Waals surface area contributed by atoms with Crippen molar-refractivity contribution in [1.29, 1.82) is 0 Å². The van der Waals surface area contributed by atoms with Gasteiger partial charge in [0.1, 0.15) is 25.4 Å². The molecule has 0 aromatic heterocycles. The number of amides is 1. The van der Waals surface area contributed by atoms with Gasteiger partial charge in [-0.25, -0.2) is 4.79 Å². The highest BCUT2D eigenvalue weighted by Gasteiger charge is 2.25. The Morgan fingerprint density at radius 2 is 1.36 bits per heavy atom. The number of aliphatic carboxylic acids is 1. The maximum absolute atomic E-state index is 12.3. The van der Waals surface area contributed by atoms with Crippen LogP contribution in [0.2, 0.25) is 0 Å². The summed E-state index contributed by atoms with van der Waals surface area (Å²) in [5.41, 5.74) is 2.63. The number of nitrogens with one attached hydrogen (secondary N) is 1. The quantitative estimate of drug-likeness (QED) is 0.328. The summed E-state index contributed by atoms with van der Waals surface area (Å²) in [6, 6.07) is 23.5. The van der Waals surface area contributed by atoms with Gasteiger partial charge in [0.25, 0.3) is 0 Å². The van der Waals surface area contributed by atoms with Crippen LogP contribution in [-0.2, 0) is 29.2 Å². The van der Waals surface area contributed by atoms with Crippen LogP contribution in [-0.4, -0.2) is 34.2 Å². The third-order valence-electron chi connectivity index (χ3n) is 5.53. The molecule has 0 spiro atoms. The van der Waals surface area contributed by atoms with Crippen LogP contribution in [0.5, 0.6) is 11.5 Å². The Morgan fingerprint density at radius 3 is 1.89 bits per heavy atom. The zero-order valence-electron chi connectivity index (χ0n) is 20.6. The summed E-state index contributed by atoms with van der Waals surface area (Å²) in [4.78, 5) is 24.2. The van der Waals surface area contributed by atoms with Gasteiger partial charge >= 0.3 is 5.97 Å². The van der Waals surface area contributed by atoms with E-state index in [0.717, 1.165) is 11.1 Å². The zero-order valence-corrected chi connectivity index (χ0v) is 20.6. The molecule has 7 heteroatoms. The maximum Gasteiger partial charge on any atom is 0.326 e. The van der Waals surface area contributed by atoms with Gasteiger partial charge in [0.15, 0.2) is 11.5 Å². The largest absolute Gasteiger partial charge is 0.485 e. The molecule has 0 heterocycles. The van der Waals surface area contributed by atoms with E-state index in [1.54, 1.807) is 18.2 Å². The number of carbonyl (C=O) groups excluding carboxylic acids is 1. The van der Waals surface area contributed by atoms with Gasteiger partial charge in [-0.3, -0.25) is 4.79 Å². The van der Waals surface area contributed by atoms with Gasteiger partial charge in [0, 0.05) is 6.42 Å². The van der Waals surface area contributed by atoms with Crippen molar-refractivity contribution in [2.45, 2.75) is 52.0 Å². The molecule has 0 bridgehead atoms. The van der Waals surface area contributed by atoms with Crippen molar-refractivity contribution in [2.75, 3.05) is 0 Å². The fourth-order valence-electron chi connectivity index (χ4n) is 3.64. The van der Waals surface area contributed by atoms with Gasteiger partial charge in [-0.15, -0.1) is 0 Å². The van der Waals surface area contributed by atoms with E-state index >= 15 is 0 Å². The molecule has 0 saturated heterocycles. The van der Waals surface area contributed by atoms with Crippen LogP contribution >= 0.6 is 0 Å². The fraction of sp³-hybridized carbons (Fsp3) is 0.310. The normalized spacial score (nSPS) is 12.6. The van der Waals surface area contributed by atoms with Crippen LogP contribution in [0.15, 0.2) is 78.9 Å². The second-order valence-corrected chi connectivity index (χ2v) is 9.08. The number of hydrogen-bond donors (Lipinski definition) is 3. The monoisotopic (exact) mass is 491 g/mol. The molecule has 36 heavy (non-hydrogen) atoms. The van der Waals surface area contributed by atoms with Crippen molar-refractivity contribution in [1.82, 2.24) is 5.32 Å². The lowest BCUT2D eigenvalue weighted by atomic mass is 10.0. The smallest absolute Gasteiger partial charge is 0.326 e. The summed E-state index contributed by atoms with van der Waals surface area (Å²) in [6.07, 6.45) is -0.982. The molecule has 0 aliphatic heterocycles. The standard InChI is InChI=1S/C29H33NO6/c1-20(2)15-25(31)28(32)30-24(29(33)34)16-23-13-14-26(35-18-21-9-5-3-6-10-21)27(17-23)36-19-22-11-7-4-8-12-22/h3-14,17,20,24-25,31H,15-16,18-19H2,1-2H3,(H,30,32)(H,33,34)/t24-,25-/m1/s1. The van der Waals surface area contributed by atoms with Gasteiger partial charge in [-0.2, -0.15) is 0 Å². The zero-order chi connectivity index (χ0) is 25.9. The van der Waals surface area contributed by atoms with Crippen LogP contribution in [0.3, 0.4) is 0 Å². The van der Waals surface area contributed by atoms with Crippen LogP contribution < -0.4 is 14.8 Å². The highest BCUT2D eigenvalue weighted by atomic mass is 16.5. The first kappa shape index (κ1) is 26.8. The highest BCUT2D eigenvalue weighted by molar-refractivity contribution is 5.86. The van der Waals surface area contributed by atoms with E-state index in [2.05, 4.69) is 5.32 Å². The van der Waals surface area contributed by atoms with E-state index < -0.39 is 24.0 Å². The minimum Gasteiger partial charge on any atom is -0.485 e. The second-order valence-electron chi connectivity index (χ2n) is 9.08. The summed E-state index contributed by atoms with van der Waals surface area (Å²) in [5, 5.41) is 22.2. The van der Waals surface area contributed by atoms with Gasteiger partial charge in [-0.05, 0) is 41.2 Å². The number of ether oxygens (including phenoxy) is 2. The Morgan fingerprint density at radius 1 is 0.806 bits per heavy atom. The number of carboxylic acids is 1. The molecule has 0 radical (unpaired) electrons. The van der Waals surface area contributed by atoms with Crippen molar-refractivity contribution in [3.8, 4) is 11.5 Å². The lowest BCUT2D eigenvalue weighted by Gasteiger charge is -2.19. The van der Waals surface area contributed by atoms with E-state index in [1.807, 2.05) is 74.5 Å². The van der Waals surface area contributed by atoms with Crippen molar-refractivity contribution >= 4 is 11.9 Å². The number of carboxylic acid groups (broad SMARTS) is 1. The van der Waals surface area contributed by atoms with Crippen LogP contribution in [0.25, 0.3) is 0 Å². The summed E-state index contributed by atoms with van der Waals surface area (Å²) in [6.45, 7) is 4.42. The van der Waals surface area contributed by atoms with Crippen molar-refractivity contribution in [3.05, 3.63) is 95.6 Å². The Hall–Kier alpha value is -3.84. The minimum atomic E-state index is -1.26. The van der Waals surface area contributed by atoms with E-state index in [0.29, 0.717) is 30.3 Å². The molecule has 0 aliphatic rings. The number of rotatable bonds is 13. The topological polar surface area (TPSA) is 105 Å². The fourth-order valence-corrected chi connectivity index (χ4v) is 3.64. The lowest BCUT2D eigenvalue weighted by Crippen LogP contribution is -2.46. The van der Waals surface area contributed by atoms with Crippen LogP contribution in [0.4, 0.5) is 0 Å². The average Bonchev–Trinajstić information content (AvgIpc) is 2.87. The molecule has 0 fully saturated rings. The molecular formula is C29H33NO6. The number of hydrogen-bond acceptors (Lipinski definition) is 5. The van der Waals surface area contributed by atoms with Gasteiger partial charge in [-0.1, -0.05) is 80.6 Å². The molecule has 3 N–H and O–H groups in total. The Kier molecular flexibility index (Phi) is 9.89. The highest BCUT2D eigenvalue weighted by Crippen LogP contribution is 2.30. The third-order valence-corrected chi connectivity index (χ3v) is 5.53. The SMILES string of the molecule is CC(C)C[C@@H](O)C(=O)N[C@H](Cc1ccc(OCc2ccccc2)c(OCc2ccccc2)c1)C(=O)O. The number of aliphatic hydroxyl groups is 1. The maximum atomic E-state index is 12.3. The Balaban J connectivity index is 1.76. The Labute approximate surface area is 211 Å². The molecule has 3 rings (SSSR count). The summed E-state index contributed by atoms with van der Waals surface area (Å²) < 4.78 is 12.1. The summed E-state index contributed by atoms with van der Waals surface area (Å²) >= 11 is 0. The Bertz CT molecular complexity index is 1120. The third kappa shape index (κ3) is 8.43. The first-order valence-corrected chi connectivity index (χ1v) is 12.0. The predicted molar refractivity (Wildman–Crippen MR) is 137 cm³/mol. The lowest BCUT2D eigenvalue weighted by molar-refractivity contribution is -0.143. The van der Waals surface area contributed by atoms with Gasteiger partial charge in [0.05, 0.1) is 0 Å². The summed E-state index contributed by atoms with van der Waals surface area (Å²) in [5.74, 6) is -0.776. The van der Waals surface area contributed by atoms with Crippen molar-refractivity contribution < 1.29 is 29.3 Å². The van der Waals surface area contributed by atoms with E-state index in [9.17, 15) is 19.8 Å². The first-order valence-electron chi connectivity index (χ1n) is 12.0. The molecule has 0 unspecified atom stereocenters. The van der Waals surface area contributed by atoms with Gasteiger partial charge < -0.3 is 25.0 Å². The van der Waals surface area contributed by atoms with E-state index in [4.69, 9.17) is 9.47 Å². The first-order chi connectivity index (χ1) is 17.3.